The quantitative estimate of drug-likeness (QED) is 0.318. The van der Waals surface area contributed by atoms with Crippen LogP contribution >= 0.6 is 27.5 Å². The summed E-state index contributed by atoms with van der Waals surface area (Å²) < 4.78 is 44.9. The lowest BCUT2D eigenvalue weighted by atomic mass is 9.77. The third-order valence-electron chi connectivity index (χ3n) is 5.64. The van der Waals surface area contributed by atoms with Gasteiger partial charge in [0.15, 0.2) is 5.60 Å². The van der Waals surface area contributed by atoms with E-state index in [-0.39, 0.29) is 12.4 Å². The molecule has 1 N–H and O–H groups in total. The summed E-state index contributed by atoms with van der Waals surface area (Å²) in [6.07, 6.45) is -3.19. The molecule has 1 heterocycles. The maximum Gasteiger partial charge on any atom is 0.417 e. The molecule has 0 aliphatic rings. The highest BCUT2D eigenvalue weighted by atomic mass is 79.9. The molecule has 186 valence electrons. The molecule has 0 saturated heterocycles. The summed E-state index contributed by atoms with van der Waals surface area (Å²) in [4.78, 5) is 16.8. The topological polar surface area (TPSA) is 51.2 Å². The third kappa shape index (κ3) is 7.21. The van der Waals surface area contributed by atoms with E-state index in [4.69, 9.17) is 16.3 Å². The van der Waals surface area contributed by atoms with E-state index < -0.39 is 28.7 Å². The lowest BCUT2D eigenvalue weighted by Crippen LogP contribution is -2.50. The fourth-order valence-electron chi connectivity index (χ4n) is 3.59. The van der Waals surface area contributed by atoms with Gasteiger partial charge in [-0.25, -0.2) is 4.98 Å². The molecule has 0 aliphatic heterocycles. The molecule has 4 nitrogen and oxygen atoms in total. The molecule has 1 atom stereocenters. The summed E-state index contributed by atoms with van der Waals surface area (Å²) >= 11 is 9.55. The van der Waals surface area contributed by atoms with Gasteiger partial charge in [-0.3, -0.25) is 4.79 Å². The van der Waals surface area contributed by atoms with Gasteiger partial charge in [0.2, 0.25) is 5.88 Å². The summed E-state index contributed by atoms with van der Waals surface area (Å²) in [5, 5.41) is 3.60. The van der Waals surface area contributed by atoms with Crippen molar-refractivity contribution in [3.8, 4) is 5.88 Å². The predicted octanol–water partition coefficient (Wildman–Crippen LogP) is 6.99. The number of alkyl halides is 3. The normalized spacial score (nSPS) is 13.7. The van der Waals surface area contributed by atoms with Crippen LogP contribution in [0.5, 0.6) is 5.88 Å². The summed E-state index contributed by atoms with van der Waals surface area (Å²) in [7, 11) is 0. The van der Waals surface area contributed by atoms with Crippen molar-refractivity contribution in [1.82, 2.24) is 10.3 Å². The molecule has 1 aromatic heterocycles. The van der Waals surface area contributed by atoms with Crippen LogP contribution in [0.1, 0.15) is 37.5 Å². The molecule has 1 amide bonds. The zero-order chi connectivity index (χ0) is 25.9. The third-order valence-corrected chi connectivity index (χ3v) is 6.38. The Morgan fingerprint density at radius 1 is 1.03 bits per heavy atom. The number of hydrogen-bond donors (Lipinski definition) is 1. The number of halogens is 5. The lowest BCUT2D eigenvalue weighted by Gasteiger charge is -2.33. The van der Waals surface area contributed by atoms with Gasteiger partial charge >= 0.3 is 6.18 Å². The molecule has 3 rings (SSSR count). The molecule has 0 bridgehead atoms. The lowest BCUT2D eigenvalue weighted by molar-refractivity contribution is -0.138. The number of ether oxygens (including phenoxy) is 1. The molecule has 0 radical (unpaired) electrons. The largest absolute Gasteiger partial charge is 0.462 e. The molecule has 0 saturated carbocycles. The highest BCUT2D eigenvalue weighted by Gasteiger charge is 2.35. The molecule has 3 aromatic rings. The fraction of sp³-hybridized carbons (Fsp3) is 0.308. The number of carbonyl (C=O) groups is 1. The van der Waals surface area contributed by atoms with E-state index in [1.807, 2.05) is 48.5 Å². The average Bonchev–Trinajstić information content (AvgIpc) is 2.78. The molecule has 35 heavy (non-hydrogen) atoms. The molecule has 0 spiro atoms. The van der Waals surface area contributed by atoms with Crippen molar-refractivity contribution in [2.24, 2.45) is 0 Å². The summed E-state index contributed by atoms with van der Waals surface area (Å²) in [5.74, 6) is -0.495. The Morgan fingerprint density at radius 3 is 2.29 bits per heavy atom. The number of rotatable bonds is 8. The molecule has 1 unspecified atom stereocenters. The average molecular weight is 570 g/mol. The first-order valence-electron chi connectivity index (χ1n) is 10.8. The standard InChI is InChI=1S/C26H25BrClF3N2O2/c1-24(2,35-22-12-9-19(15-32-22)26(29,30)31)23(34)33-16-25(3,18-5-4-6-20(27)13-18)14-17-7-10-21(28)11-8-17/h4-13,15H,14,16H2,1-3H3,(H,33,34). The first-order valence-corrected chi connectivity index (χ1v) is 12.0. The van der Waals surface area contributed by atoms with Crippen molar-refractivity contribution in [3.05, 3.63) is 93.0 Å². The van der Waals surface area contributed by atoms with Crippen molar-refractivity contribution >= 4 is 33.4 Å². The molecule has 9 heteroatoms. The Bertz CT molecular complexity index is 1170. The maximum atomic E-state index is 13.1. The number of pyridine rings is 1. The second-order valence-corrected chi connectivity index (χ2v) is 10.4. The van der Waals surface area contributed by atoms with Crippen LogP contribution in [0.25, 0.3) is 0 Å². The SMILES string of the molecule is CC(C)(Oc1ccc(C(F)(F)F)cn1)C(=O)NCC(C)(Cc1ccc(Cl)cc1)c1cccc(Br)c1. The highest BCUT2D eigenvalue weighted by molar-refractivity contribution is 9.10. The minimum absolute atomic E-state index is 0.0749. The fourth-order valence-corrected chi connectivity index (χ4v) is 4.11. The Kier molecular flexibility index (Phi) is 8.17. The zero-order valence-electron chi connectivity index (χ0n) is 19.4. The number of nitrogens with one attached hydrogen (secondary N) is 1. The van der Waals surface area contributed by atoms with E-state index in [0.717, 1.165) is 27.7 Å². The van der Waals surface area contributed by atoms with Gasteiger partial charge in [-0.1, -0.05) is 58.7 Å². The Labute approximate surface area is 216 Å². The summed E-state index contributed by atoms with van der Waals surface area (Å²) in [6.45, 7) is 5.42. The number of hydrogen-bond acceptors (Lipinski definition) is 3. The van der Waals surface area contributed by atoms with E-state index in [2.05, 4.69) is 33.2 Å². The minimum Gasteiger partial charge on any atom is -0.462 e. The number of amides is 1. The van der Waals surface area contributed by atoms with Crippen LogP contribution in [0.3, 0.4) is 0 Å². The van der Waals surface area contributed by atoms with Crippen LogP contribution in [-0.2, 0) is 22.8 Å². The van der Waals surface area contributed by atoms with E-state index in [1.54, 1.807) is 0 Å². The van der Waals surface area contributed by atoms with Crippen LogP contribution < -0.4 is 10.1 Å². The van der Waals surface area contributed by atoms with E-state index in [1.165, 1.54) is 13.8 Å². The van der Waals surface area contributed by atoms with Gasteiger partial charge in [-0.15, -0.1) is 0 Å². The molecular weight excluding hydrogens is 545 g/mol. The highest BCUT2D eigenvalue weighted by Crippen LogP contribution is 2.31. The molecule has 0 fully saturated rings. The molecular formula is C26H25BrClF3N2O2. The van der Waals surface area contributed by atoms with Gasteiger partial charge in [0.05, 0.1) is 5.56 Å². The minimum atomic E-state index is -4.50. The van der Waals surface area contributed by atoms with Gasteiger partial charge in [0, 0.05) is 33.7 Å². The summed E-state index contributed by atoms with van der Waals surface area (Å²) in [5.41, 5.74) is -0.666. The van der Waals surface area contributed by atoms with Gasteiger partial charge in [-0.05, 0) is 61.7 Å². The first-order chi connectivity index (χ1) is 16.3. The smallest absolute Gasteiger partial charge is 0.417 e. The van der Waals surface area contributed by atoms with Gasteiger partial charge < -0.3 is 10.1 Å². The molecule has 0 aliphatic carbocycles. The van der Waals surface area contributed by atoms with Crippen molar-refractivity contribution in [2.45, 2.75) is 44.4 Å². The Balaban J connectivity index is 1.76. The number of nitrogens with zero attached hydrogens (tertiary/aromatic N) is 1. The second-order valence-electron chi connectivity index (χ2n) is 9.05. The molecule has 2 aromatic carbocycles. The zero-order valence-corrected chi connectivity index (χ0v) is 21.8. The van der Waals surface area contributed by atoms with Crippen molar-refractivity contribution in [3.63, 3.8) is 0 Å². The number of benzene rings is 2. The van der Waals surface area contributed by atoms with Gasteiger partial charge in [0.1, 0.15) is 0 Å². The Hall–Kier alpha value is -2.58. The number of carbonyl (C=O) groups excluding carboxylic acids is 1. The van der Waals surface area contributed by atoms with E-state index >= 15 is 0 Å². The van der Waals surface area contributed by atoms with Crippen molar-refractivity contribution in [2.75, 3.05) is 6.54 Å². The van der Waals surface area contributed by atoms with Crippen LogP contribution in [0.2, 0.25) is 5.02 Å². The predicted molar refractivity (Wildman–Crippen MR) is 134 cm³/mol. The summed E-state index contributed by atoms with van der Waals surface area (Å²) in [6, 6.07) is 17.4. The van der Waals surface area contributed by atoms with E-state index in [9.17, 15) is 18.0 Å². The van der Waals surface area contributed by atoms with E-state index in [0.29, 0.717) is 17.6 Å². The van der Waals surface area contributed by atoms with Crippen LogP contribution in [0.4, 0.5) is 13.2 Å². The van der Waals surface area contributed by atoms with Crippen LogP contribution in [-0.4, -0.2) is 23.0 Å². The monoisotopic (exact) mass is 568 g/mol. The first kappa shape index (κ1) is 27.0. The van der Waals surface area contributed by atoms with Crippen molar-refractivity contribution in [1.29, 1.82) is 0 Å². The second kappa shape index (κ2) is 10.6. The number of aromatic nitrogens is 1. The van der Waals surface area contributed by atoms with Crippen molar-refractivity contribution < 1.29 is 22.7 Å². The van der Waals surface area contributed by atoms with Crippen LogP contribution in [0.15, 0.2) is 71.3 Å². The maximum absolute atomic E-state index is 13.1. The van der Waals surface area contributed by atoms with Crippen LogP contribution in [0, 0.1) is 0 Å². The Morgan fingerprint density at radius 2 is 1.71 bits per heavy atom. The van der Waals surface area contributed by atoms with Gasteiger partial charge in [-0.2, -0.15) is 13.2 Å². The van der Waals surface area contributed by atoms with Gasteiger partial charge in [0.25, 0.3) is 5.91 Å².